The second-order valence-electron chi connectivity index (χ2n) is 7.23. The monoisotopic (exact) mass is 395 g/mol. The SMILES string of the molecule is COc1ccc(C(O)=C2C(=O)C(=O)N(CCN(C)C)C2c2ccccn2)cc1C. The first-order valence-electron chi connectivity index (χ1n) is 9.34. The number of benzene rings is 1. The predicted octanol–water partition coefficient (Wildman–Crippen LogP) is 2.38. The van der Waals surface area contributed by atoms with Crippen LogP contribution in [0.3, 0.4) is 0 Å². The highest BCUT2D eigenvalue weighted by Crippen LogP contribution is 2.38. The number of aliphatic hydroxyl groups excluding tert-OH is 1. The molecule has 1 unspecified atom stereocenters. The third-order valence-corrected chi connectivity index (χ3v) is 4.96. The maximum Gasteiger partial charge on any atom is 0.295 e. The van der Waals surface area contributed by atoms with Crippen molar-refractivity contribution < 1.29 is 19.4 Å². The topological polar surface area (TPSA) is 83.0 Å². The largest absolute Gasteiger partial charge is 0.507 e. The van der Waals surface area contributed by atoms with Crippen molar-refractivity contribution in [2.24, 2.45) is 0 Å². The van der Waals surface area contributed by atoms with Gasteiger partial charge in [0, 0.05) is 24.8 Å². The zero-order valence-corrected chi connectivity index (χ0v) is 17.0. The molecule has 1 N–H and O–H groups in total. The van der Waals surface area contributed by atoms with Crippen LogP contribution in [0.15, 0.2) is 48.2 Å². The number of aliphatic hydroxyl groups is 1. The van der Waals surface area contributed by atoms with Crippen molar-refractivity contribution in [1.82, 2.24) is 14.8 Å². The maximum absolute atomic E-state index is 12.9. The number of ketones is 1. The van der Waals surface area contributed by atoms with E-state index in [2.05, 4.69) is 4.98 Å². The van der Waals surface area contributed by atoms with Crippen molar-refractivity contribution in [3.8, 4) is 5.75 Å². The second-order valence-corrected chi connectivity index (χ2v) is 7.23. The van der Waals surface area contributed by atoms with Gasteiger partial charge in [-0.3, -0.25) is 14.6 Å². The summed E-state index contributed by atoms with van der Waals surface area (Å²) in [5, 5.41) is 11.0. The van der Waals surface area contributed by atoms with Gasteiger partial charge in [-0.2, -0.15) is 0 Å². The van der Waals surface area contributed by atoms with Crippen LogP contribution in [0, 0.1) is 6.92 Å². The molecule has 3 rings (SSSR count). The highest BCUT2D eigenvalue weighted by Gasteiger charge is 2.46. The van der Waals surface area contributed by atoms with Gasteiger partial charge in [-0.05, 0) is 56.9 Å². The summed E-state index contributed by atoms with van der Waals surface area (Å²) in [6.07, 6.45) is 1.61. The molecule has 1 aromatic heterocycles. The van der Waals surface area contributed by atoms with Crippen LogP contribution in [0.1, 0.15) is 22.9 Å². The second kappa shape index (κ2) is 8.45. The van der Waals surface area contributed by atoms with Gasteiger partial charge in [0.25, 0.3) is 11.7 Å². The third kappa shape index (κ3) is 4.00. The molecule has 0 bridgehead atoms. The summed E-state index contributed by atoms with van der Waals surface area (Å²) >= 11 is 0. The van der Waals surface area contributed by atoms with Crippen molar-refractivity contribution in [2.75, 3.05) is 34.3 Å². The minimum absolute atomic E-state index is 0.0528. The summed E-state index contributed by atoms with van der Waals surface area (Å²) in [5.74, 6) is -0.869. The Morgan fingerprint density at radius 2 is 2.00 bits per heavy atom. The van der Waals surface area contributed by atoms with Crippen LogP contribution in [-0.2, 0) is 9.59 Å². The number of Topliss-reactive ketones (excluding diaryl/α,β-unsaturated/α-hetero) is 1. The first-order valence-corrected chi connectivity index (χ1v) is 9.34. The number of likely N-dealkylation sites (N-methyl/N-ethyl adjacent to an activating group) is 1. The van der Waals surface area contributed by atoms with Crippen LogP contribution < -0.4 is 4.74 Å². The Morgan fingerprint density at radius 3 is 2.59 bits per heavy atom. The molecule has 2 aromatic rings. The van der Waals surface area contributed by atoms with Gasteiger partial charge in [-0.1, -0.05) is 6.07 Å². The van der Waals surface area contributed by atoms with E-state index in [1.54, 1.807) is 49.7 Å². The molecule has 1 saturated heterocycles. The molecule has 7 heteroatoms. The molecular weight excluding hydrogens is 370 g/mol. The zero-order valence-electron chi connectivity index (χ0n) is 17.0. The van der Waals surface area contributed by atoms with Gasteiger partial charge in [-0.25, -0.2) is 0 Å². The van der Waals surface area contributed by atoms with Crippen molar-refractivity contribution in [2.45, 2.75) is 13.0 Å². The Kier molecular flexibility index (Phi) is 5.98. The summed E-state index contributed by atoms with van der Waals surface area (Å²) in [4.78, 5) is 33.4. The van der Waals surface area contributed by atoms with E-state index in [4.69, 9.17) is 4.74 Å². The Hall–Kier alpha value is -3.19. The fraction of sp³-hybridized carbons (Fsp3) is 0.318. The van der Waals surface area contributed by atoms with E-state index in [1.165, 1.54) is 4.90 Å². The van der Waals surface area contributed by atoms with Gasteiger partial charge in [0.05, 0.1) is 18.4 Å². The number of aromatic nitrogens is 1. The highest BCUT2D eigenvalue weighted by molar-refractivity contribution is 6.46. The molecule has 7 nitrogen and oxygen atoms in total. The van der Waals surface area contributed by atoms with Crippen LogP contribution in [0.5, 0.6) is 5.75 Å². The summed E-state index contributed by atoms with van der Waals surface area (Å²) in [7, 11) is 5.36. The van der Waals surface area contributed by atoms with E-state index < -0.39 is 17.7 Å². The number of carbonyl (C=O) groups is 2. The van der Waals surface area contributed by atoms with Gasteiger partial charge in [0.15, 0.2) is 0 Å². The highest BCUT2D eigenvalue weighted by atomic mass is 16.5. The van der Waals surface area contributed by atoms with Crippen LogP contribution in [-0.4, -0.2) is 65.9 Å². The number of ether oxygens (including phenoxy) is 1. The predicted molar refractivity (Wildman–Crippen MR) is 110 cm³/mol. The Balaban J connectivity index is 2.13. The van der Waals surface area contributed by atoms with Gasteiger partial charge in [0.2, 0.25) is 0 Å². The van der Waals surface area contributed by atoms with Crippen LogP contribution in [0.2, 0.25) is 0 Å². The molecular formula is C22H25N3O4. The Morgan fingerprint density at radius 1 is 1.24 bits per heavy atom. The number of nitrogens with zero attached hydrogens (tertiary/aromatic N) is 3. The number of aryl methyl sites for hydroxylation is 1. The van der Waals surface area contributed by atoms with Gasteiger partial charge in [-0.15, -0.1) is 0 Å². The molecule has 1 aliphatic rings. The van der Waals surface area contributed by atoms with Crippen LogP contribution in [0.4, 0.5) is 0 Å². The van der Waals surface area contributed by atoms with E-state index in [9.17, 15) is 14.7 Å². The number of methoxy groups -OCH3 is 1. The lowest BCUT2D eigenvalue weighted by atomic mass is 9.97. The molecule has 1 aromatic carbocycles. The normalized spacial score (nSPS) is 18.5. The summed E-state index contributed by atoms with van der Waals surface area (Å²) in [6.45, 7) is 2.77. The number of likely N-dealkylation sites (tertiary alicyclic amines) is 1. The molecule has 29 heavy (non-hydrogen) atoms. The average Bonchev–Trinajstić information content (AvgIpc) is 2.97. The van der Waals surface area contributed by atoms with Gasteiger partial charge in [0.1, 0.15) is 17.6 Å². The first-order chi connectivity index (χ1) is 13.8. The summed E-state index contributed by atoms with van der Waals surface area (Å²) in [6, 6.07) is 9.71. The Bertz CT molecular complexity index is 954. The molecule has 1 fully saturated rings. The number of pyridine rings is 1. The van der Waals surface area contributed by atoms with Gasteiger partial charge < -0.3 is 19.6 Å². The standard InChI is InChI=1S/C22H25N3O4/c1-14-13-15(8-9-17(14)29-4)20(26)18-19(16-7-5-6-10-23-16)25(12-11-24(2)3)22(28)21(18)27/h5-10,13,19,26H,11-12H2,1-4H3. The average molecular weight is 395 g/mol. The van der Waals surface area contributed by atoms with E-state index in [1.807, 2.05) is 25.9 Å². The molecule has 0 radical (unpaired) electrons. The van der Waals surface area contributed by atoms with Crippen LogP contribution >= 0.6 is 0 Å². The smallest absolute Gasteiger partial charge is 0.295 e. The van der Waals surface area contributed by atoms with Gasteiger partial charge >= 0.3 is 0 Å². The number of rotatable bonds is 6. The van der Waals surface area contributed by atoms with Crippen molar-refractivity contribution in [1.29, 1.82) is 0 Å². The number of carbonyl (C=O) groups excluding carboxylic acids is 2. The lowest BCUT2D eigenvalue weighted by Crippen LogP contribution is -2.35. The minimum atomic E-state index is -0.737. The van der Waals surface area contributed by atoms with E-state index in [-0.39, 0.29) is 11.3 Å². The molecule has 1 amide bonds. The first kappa shape index (κ1) is 20.5. The molecule has 1 aliphatic heterocycles. The number of amides is 1. The number of hydrogen-bond acceptors (Lipinski definition) is 6. The van der Waals surface area contributed by atoms with Crippen LogP contribution in [0.25, 0.3) is 5.76 Å². The molecule has 0 saturated carbocycles. The third-order valence-electron chi connectivity index (χ3n) is 4.96. The molecule has 1 atom stereocenters. The van der Waals surface area contributed by atoms with Crippen molar-refractivity contribution in [3.05, 3.63) is 65.0 Å². The molecule has 2 heterocycles. The molecule has 0 aliphatic carbocycles. The van der Waals surface area contributed by atoms with E-state index in [0.29, 0.717) is 30.1 Å². The molecule has 152 valence electrons. The van der Waals surface area contributed by atoms with E-state index in [0.717, 1.165) is 5.56 Å². The van der Waals surface area contributed by atoms with Crippen molar-refractivity contribution >= 4 is 17.4 Å². The fourth-order valence-corrected chi connectivity index (χ4v) is 3.44. The lowest BCUT2D eigenvalue weighted by molar-refractivity contribution is -0.140. The minimum Gasteiger partial charge on any atom is -0.507 e. The zero-order chi connectivity index (χ0) is 21.1. The summed E-state index contributed by atoms with van der Waals surface area (Å²) in [5.41, 5.74) is 1.86. The molecule has 0 spiro atoms. The summed E-state index contributed by atoms with van der Waals surface area (Å²) < 4.78 is 5.26. The lowest BCUT2D eigenvalue weighted by Gasteiger charge is -2.25. The number of hydrogen-bond donors (Lipinski definition) is 1. The Labute approximate surface area is 170 Å². The maximum atomic E-state index is 12.9. The fourth-order valence-electron chi connectivity index (χ4n) is 3.44. The van der Waals surface area contributed by atoms with Crippen molar-refractivity contribution in [3.63, 3.8) is 0 Å². The van der Waals surface area contributed by atoms with E-state index >= 15 is 0 Å². The quantitative estimate of drug-likeness (QED) is 0.459.